The normalized spacial score (nSPS) is 10.9. The van der Waals surface area contributed by atoms with Crippen LogP contribution in [0, 0.1) is 0 Å². The smallest absolute Gasteiger partial charge is 0.300 e. The first-order valence-electron chi connectivity index (χ1n) is 11.7. The van der Waals surface area contributed by atoms with Crippen LogP contribution in [0.5, 0.6) is 0 Å². The molecular weight excluding hydrogens is 378 g/mol. The maximum absolute atomic E-state index is 11.6. The first kappa shape index (κ1) is 30.5. The molecule has 0 saturated heterocycles. The summed E-state index contributed by atoms with van der Waals surface area (Å²) in [4.78, 5) is 20.6. The van der Waals surface area contributed by atoms with Gasteiger partial charge in [-0.2, -0.15) is 0 Å². The molecule has 0 atom stereocenters. The van der Waals surface area contributed by atoms with E-state index in [1.54, 1.807) is 0 Å². The maximum atomic E-state index is 11.6. The summed E-state index contributed by atoms with van der Waals surface area (Å²) in [5.41, 5.74) is 5.38. The number of nitrogens with one attached hydrogen (secondary N) is 2. The van der Waals surface area contributed by atoms with Crippen LogP contribution in [0.15, 0.2) is 24.3 Å². The van der Waals surface area contributed by atoms with Crippen molar-refractivity contribution in [3.63, 3.8) is 0 Å². The van der Waals surface area contributed by atoms with Crippen LogP contribution >= 0.6 is 0 Å². The zero-order chi connectivity index (χ0) is 22.7. The van der Waals surface area contributed by atoms with E-state index in [1.807, 2.05) is 0 Å². The highest BCUT2D eigenvalue weighted by molar-refractivity contribution is 5.75. The van der Waals surface area contributed by atoms with E-state index < -0.39 is 5.97 Å². The highest BCUT2D eigenvalue weighted by atomic mass is 16.4. The van der Waals surface area contributed by atoms with Crippen LogP contribution in [0.2, 0.25) is 0 Å². The molecule has 0 aromatic carbocycles. The second-order valence-electron chi connectivity index (χ2n) is 7.39. The number of rotatable bonds is 19. The number of carboxylic acid groups (broad SMARTS) is 1. The zero-order valence-corrected chi connectivity index (χ0v) is 19.5. The first-order chi connectivity index (χ1) is 14.5. The molecule has 0 aliphatic carbocycles. The molecule has 0 aromatic rings. The Bertz CT molecular complexity index is 433. The van der Waals surface area contributed by atoms with Gasteiger partial charge in [-0.15, -0.1) is 0 Å². The molecule has 30 heavy (non-hydrogen) atoms. The van der Waals surface area contributed by atoms with Gasteiger partial charge in [-0.3, -0.25) is 9.59 Å². The molecule has 0 radical (unpaired) electrons. The van der Waals surface area contributed by atoms with E-state index in [1.165, 1.54) is 51.4 Å². The molecule has 176 valence electrons. The molecule has 0 saturated carbocycles. The largest absolute Gasteiger partial charge is 0.481 e. The second kappa shape index (κ2) is 27.3. The molecule has 0 unspecified atom stereocenters. The molecular formula is C24H47N3O3. The Labute approximate surface area is 184 Å². The molecule has 1 amide bonds. The minimum absolute atomic E-state index is 0.172. The van der Waals surface area contributed by atoms with E-state index in [0.29, 0.717) is 19.5 Å². The molecule has 5 N–H and O–H groups in total. The van der Waals surface area contributed by atoms with E-state index in [4.69, 9.17) is 15.6 Å². The highest BCUT2D eigenvalue weighted by Gasteiger charge is 1.99. The van der Waals surface area contributed by atoms with Crippen molar-refractivity contribution in [3.8, 4) is 0 Å². The van der Waals surface area contributed by atoms with Crippen LogP contribution in [0.3, 0.4) is 0 Å². The minimum Gasteiger partial charge on any atom is -0.481 e. The lowest BCUT2D eigenvalue weighted by molar-refractivity contribution is -0.134. The summed E-state index contributed by atoms with van der Waals surface area (Å²) in [6.07, 6.45) is 23.2. The van der Waals surface area contributed by atoms with Gasteiger partial charge < -0.3 is 21.5 Å². The van der Waals surface area contributed by atoms with Gasteiger partial charge in [-0.1, -0.05) is 63.3 Å². The van der Waals surface area contributed by atoms with E-state index in [-0.39, 0.29) is 5.91 Å². The van der Waals surface area contributed by atoms with Gasteiger partial charge in [-0.05, 0) is 38.5 Å². The van der Waals surface area contributed by atoms with Crippen molar-refractivity contribution in [1.29, 1.82) is 0 Å². The summed E-state index contributed by atoms with van der Waals surface area (Å²) < 4.78 is 0. The van der Waals surface area contributed by atoms with Crippen LogP contribution < -0.4 is 16.4 Å². The van der Waals surface area contributed by atoms with Gasteiger partial charge in [0.25, 0.3) is 5.97 Å². The monoisotopic (exact) mass is 425 g/mol. The third kappa shape index (κ3) is 33.9. The Morgan fingerprint density at radius 3 is 2.00 bits per heavy atom. The van der Waals surface area contributed by atoms with E-state index in [9.17, 15) is 4.79 Å². The standard InChI is InChI=1S/C22H43N3O.C2H4O2/c1-2-3-4-5-6-7-8-9-10-11-12-13-14-15-16-17-22(26)25-21-20-24-19-18-23;1-2(3)4/h6-7,9-10,24H,2-5,8,11-21,23H2,1H3,(H,25,26);1H3,(H,3,4)/b7-6+,10-9+;. The fourth-order valence-corrected chi connectivity index (χ4v) is 2.70. The van der Waals surface area contributed by atoms with Gasteiger partial charge >= 0.3 is 0 Å². The zero-order valence-electron chi connectivity index (χ0n) is 19.5. The van der Waals surface area contributed by atoms with Gasteiger partial charge in [0.15, 0.2) is 0 Å². The van der Waals surface area contributed by atoms with Gasteiger partial charge in [0.05, 0.1) is 0 Å². The predicted molar refractivity (Wildman–Crippen MR) is 128 cm³/mol. The van der Waals surface area contributed by atoms with Crippen molar-refractivity contribution >= 4 is 11.9 Å². The number of hydrogen-bond donors (Lipinski definition) is 4. The molecule has 0 aliphatic heterocycles. The summed E-state index contributed by atoms with van der Waals surface area (Å²) in [5.74, 6) is -0.662. The van der Waals surface area contributed by atoms with E-state index >= 15 is 0 Å². The summed E-state index contributed by atoms with van der Waals surface area (Å²) >= 11 is 0. The molecule has 0 rings (SSSR count). The summed E-state index contributed by atoms with van der Waals surface area (Å²) in [6, 6.07) is 0. The average molecular weight is 426 g/mol. The third-order valence-corrected chi connectivity index (χ3v) is 4.30. The quantitative estimate of drug-likeness (QED) is 0.179. The van der Waals surface area contributed by atoms with Crippen LogP contribution in [0.1, 0.15) is 90.9 Å². The lowest BCUT2D eigenvalue weighted by Gasteiger charge is -2.06. The van der Waals surface area contributed by atoms with Crippen molar-refractivity contribution in [2.45, 2.75) is 90.9 Å². The number of carboxylic acids is 1. The minimum atomic E-state index is -0.833. The van der Waals surface area contributed by atoms with Crippen molar-refractivity contribution in [1.82, 2.24) is 10.6 Å². The lowest BCUT2D eigenvalue weighted by atomic mass is 10.1. The third-order valence-electron chi connectivity index (χ3n) is 4.30. The predicted octanol–water partition coefficient (Wildman–Crippen LogP) is 4.56. The Morgan fingerprint density at radius 2 is 1.40 bits per heavy atom. The number of aliphatic carboxylic acids is 1. The molecule has 0 aliphatic rings. The van der Waals surface area contributed by atoms with Crippen molar-refractivity contribution in [2.24, 2.45) is 5.73 Å². The molecule has 0 spiro atoms. The summed E-state index contributed by atoms with van der Waals surface area (Å²) in [7, 11) is 0. The van der Waals surface area contributed by atoms with Crippen molar-refractivity contribution in [3.05, 3.63) is 24.3 Å². The maximum Gasteiger partial charge on any atom is 0.300 e. The van der Waals surface area contributed by atoms with E-state index in [2.05, 4.69) is 41.9 Å². The molecule has 0 fully saturated rings. The van der Waals surface area contributed by atoms with Crippen LogP contribution in [0.25, 0.3) is 0 Å². The summed E-state index contributed by atoms with van der Waals surface area (Å²) in [6.45, 7) is 6.26. The number of allylic oxidation sites excluding steroid dienone is 4. The lowest BCUT2D eigenvalue weighted by Crippen LogP contribution is -2.33. The Kier molecular flexibility index (Phi) is 27.8. The van der Waals surface area contributed by atoms with E-state index in [0.717, 1.165) is 39.3 Å². The molecule has 0 heterocycles. The van der Waals surface area contributed by atoms with Crippen molar-refractivity contribution < 1.29 is 14.7 Å². The molecule has 0 bridgehead atoms. The number of hydrogen-bond acceptors (Lipinski definition) is 4. The molecule has 0 aromatic heterocycles. The van der Waals surface area contributed by atoms with Crippen LogP contribution in [-0.2, 0) is 9.59 Å². The number of amides is 1. The first-order valence-corrected chi connectivity index (χ1v) is 11.7. The Balaban J connectivity index is 0. The Morgan fingerprint density at radius 1 is 0.833 bits per heavy atom. The molecule has 6 heteroatoms. The number of carbonyl (C=O) groups is 2. The summed E-state index contributed by atoms with van der Waals surface area (Å²) in [5, 5.41) is 13.5. The second-order valence-corrected chi connectivity index (χ2v) is 7.39. The van der Waals surface area contributed by atoms with Crippen LogP contribution in [0.4, 0.5) is 0 Å². The topological polar surface area (TPSA) is 104 Å². The Hall–Kier alpha value is -1.66. The fraction of sp³-hybridized carbons (Fsp3) is 0.750. The van der Waals surface area contributed by atoms with Gasteiger partial charge in [-0.25, -0.2) is 0 Å². The number of nitrogens with two attached hydrogens (primary N) is 1. The van der Waals surface area contributed by atoms with Gasteiger partial charge in [0, 0.05) is 39.5 Å². The number of carbonyl (C=O) groups excluding carboxylic acids is 1. The van der Waals surface area contributed by atoms with Gasteiger partial charge in [0.2, 0.25) is 5.91 Å². The average Bonchev–Trinajstić information content (AvgIpc) is 2.70. The molecule has 6 nitrogen and oxygen atoms in total. The van der Waals surface area contributed by atoms with Crippen LogP contribution in [-0.4, -0.2) is 43.2 Å². The fourth-order valence-electron chi connectivity index (χ4n) is 2.70. The SMILES string of the molecule is CC(=O)O.CCCCC/C=C/C/C=C/CCCCCCCC(=O)NCCNCCN. The van der Waals surface area contributed by atoms with Crippen molar-refractivity contribution in [2.75, 3.05) is 26.2 Å². The van der Waals surface area contributed by atoms with Gasteiger partial charge in [0.1, 0.15) is 0 Å². The highest BCUT2D eigenvalue weighted by Crippen LogP contribution is 2.08. The number of unbranched alkanes of at least 4 members (excludes halogenated alkanes) is 8.